The molecule has 0 atom stereocenters. The molecule has 1 amide bonds. The van der Waals surface area contributed by atoms with Gasteiger partial charge < -0.3 is 9.73 Å². The van der Waals surface area contributed by atoms with Crippen LogP contribution in [0.5, 0.6) is 0 Å². The molecule has 3 heterocycles. The van der Waals surface area contributed by atoms with Crippen LogP contribution < -0.4 is 5.32 Å². The zero-order valence-electron chi connectivity index (χ0n) is 14.9. The molecule has 3 aromatic rings. The van der Waals surface area contributed by atoms with E-state index in [0.717, 1.165) is 16.6 Å². The predicted octanol–water partition coefficient (Wildman–Crippen LogP) is 2.10. The summed E-state index contributed by atoms with van der Waals surface area (Å²) in [6.07, 6.45) is 4.78. The third-order valence-corrected chi connectivity index (χ3v) is 5.82. The molecule has 140 valence electrons. The van der Waals surface area contributed by atoms with Crippen molar-refractivity contribution in [2.45, 2.75) is 19.9 Å². The summed E-state index contributed by atoms with van der Waals surface area (Å²) < 4.78 is 30.4. The van der Waals surface area contributed by atoms with Crippen molar-refractivity contribution in [1.82, 2.24) is 14.3 Å². The molecule has 0 radical (unpaired) electrons. The number of amides is 1. The van der Waals surface area contributed by atoms with E-state index in [1.165, 1.54) is 16.8 Å². The molecular formula is C18H18N4O4S. The molecule has 9 heteroatoms. The monoisotopic (exact) mass is 386 g/mol. The van der Waals surface area contributed by atoms with E-state index >= 15 is 0 Å². The van der Waals surface area contributed by atoms with Gasteiger partial charge >= 0.3 is 0 Å². The number of oxazole rings is 1. The van der Waals surface area contributed by atoms with Crippen LogP contribution in [0.4, 0.5) is 5.69 Å². The van der Waals surface area contributed by atoms with Crippen molar-refractivity contribution in [3.8, 4) is 0 Å². The summed E-state index contributed by atoms with van der Waals surface area (Å²) in [7, 11) is -3.28. The van der Waals surface area contributed by atoms with E-state index in [4.69, 9.17) is 4.42 Å². The van der Waals surface area contributed by atoms with Crippen molar-refractivity contribution in [2.24, 2.45) is 0 Å². The Labute approximate surface area is 156 Å². The lowest BCUT2D eigenvalue weighted by atomic mass is 9.98. The number of fused-ring (bicyclic) bond motifs is 2. The number of benzene rings is 1. The number of hydrogen-bond donors (Lipinski definition) is 1. The Morgan fingerprint density at radius 1 is 1.30 bits per heavy atom. The van der Waals surface area contributed by atoms with Gasteiger partial charge in [0.1, 0.15) is 5.52 Å². The Morgan fingerprint density at radius 2 is 2.11 bits per heavy atom. The fraction of sp³-hybridized carbons (Fsp3) is 0.278. The van der Waals surface area contributed by atoms with Gasteiger partial charge in [0.05, 0.1) is 11.8 Å². The van der Waals surface area contributed by atoms with E-state index in [2.05, 4.69) is 15.3 Å². The Morgan fingerprint density at radius 3 is 2.89 bits per heavy atom. The van der Waals surface area contributed by atoms with Crippen LogP contribution in [-0.4, -0.2) is 41.4 Å². The fourth-order valence-electron chi connectivity index (χ4n) is 3.26. The number of nitrogens with zero attached hydrogens (tertiary/aromatic N) is 3. The second-order valence-corrected chi connectivity index (χ2v) is 8.52. The molecule has 0 saturated carbocycles. The average Bonchev–Trinajstić information content (AvgIpc) is 2.99. The highest BCUT2D eigenvalue weighted by Gasteiger charge is 2.26. The van der Waals surface area contributed by atoms with Crippen molar-refractivity contribution in [3.05, 3.63) is 53.2 Å². The lowest BCUT2D eigenvalue weighted by molar-refractivity contribution is 0.102. The Bertz CT molecular complexity index is 1150. The molecule has 1 aliphatic rings. The number of aryl methyl sites for hydroxylation is 1. The summed E-state index contributed by atoms with van der Waals surface area (Å²) in [5.41, 5.74) is 3.95. The SMILES string of the molecule is Cc1nc2ccc(NC(=O)c3cncc4c3CCN(S(C)(=O)=O)C4)cc2o1. The van der Waals surface area contributed by atoms with E-state index in [1.54, 1.807) is 31.3 Å². The number of nitrogens with one attached hydrogen (secondary N) is 1. The summed E-state index contributed by atoms with van der Waals surface area (Å²) in [4.78, 5) is 21.1. The molecule has 0 fully saturated rings. The van der Waals surface area contributed by atoms with Crippen molar-refractivity contribution < 1.29 is 17.6 Å². The second kappa shape index (κ2) is 6.43. The number of carbonyl (C=O) groups excluding carboxylic acids is 1. The van der Waals surface area contributed by atoms with Gasteiger partial charge in [-0.2, -0.15) is 4.31 Å². The summed E-state index contributed by atoms with van der Waals surface area (Å²) in [5, 5.41) is 2.85. The number of pyridine rings is 1. The first-order valence-electron chi connectivity index (χ1n) is 8.41. The topological polar surface area (TPSA) is 105 Å². The molecule has 0 spiro atoms. The van der Waals surface area contributed by atoms with E-state index in [1.807, 2.05) is 0 Å². The second-order valence-electron chi connectivity index (χ2n) is 6.54. The predicted molar refractivity (Wildman–Crippen MR) is 99.9 cm³/mol. The van der Waals surface area contributed by atoms with Gasteiger partial charge in [-0.15, -0.1) is 0 Å². The molecule has 0 bridgehead atoms. The molecule has 2 aromatic heterocycles. The largest absolute Gasteiger partial charge is 0.441 e. The molecule has 4 rings (SSSR count). The van der Waals surface area contributed by atoms with Crippen LogP contribution in [0.15, 0.2) is 35.0 Å². The quantitative estimate of drug-likeness (QED) is 0.739. The molecule has 0 unspecified atom stereocenters. The highest BCUT2D eigenvalue weighted by atomic mass is 32.2. The van der Waals surface area contributed by atoms with Crippen LogP contribution in [0.25, 0.3) is 11.1 Å². The number of sulfonamides is 1. The number of carbonyl (C=O) groups is 1. The normalized spacial score (nSPS) is 14.9. The van der Waals surface area contributed by atoms with Crippen molar-refractivity contribution in [2.75, 3.05) is 18.1 Å². The molecule has 1 aromatic carbocycles. The Balaban J connectivity index is 1.61. The van der Waals surface area contributed by atoms with Gasteiger partial charge in [0.15, 0.2) is 11.5 Å². The fourth-order valence-corrected chi connectivity index (χ4v) is 4.06. The number of hydrogen-bond acceptors (Lipinski definition) is 6. The van der Waals surface area contributed by atoms with Crippen molar-refractivity contribution in [1.29, 1.82) is 0 Å². The van der Waals surface area contributed by atoms with Crippen LogP contribution >= 0.6 is 0 Å². The Hall–Kier alpha value is -2.78. The van der Waals surface area contributed by atoms with Gasteiger partial charge in [0.25, 0.3) is 5.91 Å². The number of rotatable bonds is 3. The minimum absolute atomic E-state index is 0.228. The summed E-state index contributed by atoms with van der Waals surface area (Å²) >= 11 is 0. The summed E-state index contributed by atoms with van der Waals surface area (Å²) in [6.45, 7) is 2.34. The van der Waals surface area contributed by atoms with Gasteiger partial charge in [-0.25, -0.2) is 13.4 Å². The highest BCUT2D eigenvalue weighted by molar-refractivity contribution is 7.88. The maximum absolute atomic E-state index is 12.8. The third kappa shape index (κ3) is 3.43. The maximum Gasteiger partial charge on any atom is 0.257 e. The van der Waals surface area contributed by atoms with Crippen molar-refractivity contribution in [3.63, 3.8) is 0 Å². The summed E-state index contributed by atoms with van der Waals surface area (Å²) in [6, 6.07) is 5.27. The first-order valence-corrected chi connectivity index (χ1v) is 10.3. The molecule has 0 saturated heterocycles. The zero-order valence-corrected chi connectivity index (χ0v) is 15.7. The third-order valence-electron chi connectivity index (χ3n) is 4.57. The van der Waals surface area contributed by atoms with Gasteiger partial charge in [-0.05, 0) is 29.7 Å². The minimum Gasteiger partial charge on any atom is -0.441 e. The first kappa shape index (κ1) is 17.6. The van der Waals surface area contributed by atoms with E-state index in [0.29, 0.717) is 35.7 Å². The highest BCUT2D eigenvalue weighted by Crippen LogP contribution is 2.25. The number of aromatic nitrogens is 2. The lowest BCUT2D eigenvalue weighted by Gasteiger charge is -2.27. The van der Waals surface area contributed by atoms with Crippen LogP contribution in [0, 0.1) is 6.92 Å². The van der Waals surface area contributed by atoms with E-state index in [-0.39, 0.29) is 12.5 Å². The van der Waals surface area contributed by atoms with Crippen LogP contribution in [0.1, 0.15) is 27.4 Å². The molecule has 0 aliphatic carbocycles. The van der Waals surface area contributed by atoms with Gasteiger partial charge in [-0.1, -0.05) is 0 Å². The van der Waals surface area contributed by atoms with Crippen molar-refractivity contribution >= 4 is 32.7 Å². The molecule has 8 nitrogen and oxygen atoms in total. The summed E-state index contributed by atoms with van der Waals surface area (Å²) in [5.74, 6) is 0.271. The average molecular weight is 386 g/mol. The molecule has 27 heavy (non-hydrogen) atoms. The van der Waals surface area contributed by atoms with Gasteiger partial charge in [-0.3, -0.25) is 9.78 Å². The minimum atomic E-state index is -3.28. The lowest BCUT2D eigenvalue weighted by Crippen LogP contribution is -2.36. The standard InChI is InChI=1S/C18H18N4O4S/c1-11-20-16-4-3-13(7-17(16)26-11)21-18(23)15-9-19-8-12-10-22(27(2,24)25)6-5-14(12)15/h3-4,7-9H,5-6,10H2,1-2H3,(H,21,23). The van der Waals surface area contributed by atoms with Crippen LogP contribution in [0.3, 0.4) is 0 Å². The molecule has 1 N–H and O–H groups in total. The Kier molecular flexibility index (Phi) is 4.20. The zero-order chi connectivity index (χ0) is 19.2. The molecular weight excluding hydrogens is 368 g/mol. The van der Waals surface area contributed by atoms with Gasteiger partial charge in [0, 0.05) is 44.2 Å². The van der Waals surface area contributed by atoms with Crippen LogP contribution in [-0.2, 0) is 23.0 Å². The smallest absolute Gasteiger partial charge is 0.257 e. The first-order chi connectivity index (χ1) is 12.8. The maximum atomic E-state index is 12.8. The van der Waals surface area contributed by atoms with Crippen LogP contribution in [0.2, 0.25) is 0 Å². The van der Waals surface area contributed by atoms with E-state index in [9.17, 15) is 13.2 Å². The van der Waals surface area contributed by atoms with E-state index < -0.39 is 10.0 Å². The molecule has 1 aliphatic heterocycles. The number of anilines is 1. The van der Waals surface area contributed by atoms with Gasteiger partial charge in [0.2, 0.25) is 10.0 Å².